The molecule has 2 heterocycles. The predicted octanol–water partition coefficient (Wildman–Crippen LogP) is 0.599. The van der Waals surface area contributed by atoms with Crippen molar-refractivity contribution in [2.75, 3.05) is 6.61 Å². The molecule has 1 aromatic heterocycles. The van der Waals surface area contributed by atoms with Gasteiger partial charge in [0.1, 0.15) is 11.9 Å². The van der Waals surface area contributed by atoms with Gasteiger partial charge in [0, 0.05) is 32.1 Å². The van der Waals surface area contributed by atoms with E-state index in [9.17, 15) is 0 Å². The summed E-state index contributed by atoms with van der Waals surface area (Å²) in [6.07, 6.45) is 5.76. The summed E-state index contributed by atoms with van der Waals surface area (Å²) in [6, 6.07) is 0.0925. The predicted molar refractivity (Wildman–Crippen MR) is 49.1 cm³/mol. The van der Waals surface area contributed by atoms with Crippen molar-refractivity contribution in [2.45, 2.75) is 25.0 Å². The van der Waals surface area contributed by atoms with Gasteiger partial charge in [-0.3, -0.25) is 0 Å². The SMILES string of the molecule is Cn1ccnc1[C@H]1OCCC[C@@H]1N. The molecule has 0 saturated carbocycles. The van der Waals surface area contributed by atoms with E-state index in [1.807, 2.05) is 17.8 Å². The van der Waals surface area contributed by atoms with Crippen LogP contribution < -0.4 is 5.73 Å². The first-order valence-corrected chi connectivity index (χ1v) is 4.63. The molecule has 1 fully saturated rings. The van der Waals surface area contributed by atoms with Crippen LogP contribution in [-0.2, 0) is 11.8 Å². The molecule has 1 aliphatic heterocycles. The lowest BCUT2D eigenvalue weighted by molar-refractivity contribution is -0.00670. The van der Waals surface area contributed by atoms with Crippen molar-refractivity contribution in [2.24, 2.45) is 12.8 Å². The summed E-state index contributed by atoms with van der Waals surface area (Å²) in [4.78, 5) is 4.25. The Labute approximate surface area is 77.7 Å². The first-order chi connectivity index (χ1) is 6.29. The second-order valence-corrected chi connectivity index (χ2v) is 3.49. The molecule has 1 aromatic rings. The Balaban J connectivity index is 2.19. The van der Waals surface area contributed by atoms with Gasteiger partial charge >= 0.3 is 0 Å². The lowest BCUT2D eigenvalue weighted by atomic mass is 10.0. The van der Waals surface area contributed by atoms with Gasteiger partial charge in [-0.25, -0.2) is 4.98 Å². The van der Waals surface area contributed by atoms with Gasteiger partial charge in [-0.15, -0.1) is 0 Å². The van der Waals surface area contributed by atoms with Crippen LogP contribution in [-0.4, -0.2) is 22.2 Å². The minimum atomic E-state index is -0.0197. The molecule has 13 heavy (non-hydrogen) atoms. The molecule has 0 aromatic carbocycles. The van der Waals surface area contributed by atoms with Crippen molar-refractivity contribution in [3.63, 3.8) is 0 Å². The molecule has 1 saturated heterocycles. The van der Waals surface area contributed by atoms with E-state index in [0.29, 0.717) is 0 Å². The van der Waals surface area contributed by atoms with Crippen LogP contribution >= 0.6 is 0 Å². The third-order valence-corrected chi connectivity index (χ3v) is 2.48. The van der Waals surface area contributed by atoms with Gasteiger partial charge in [0.2, 0.25) is 0 Å². The molecule has 0 bridgehead atoms. The number of nitrogens with two attached hydrogens (primary N) is 1. The normalized spacial score (nSPS) is 29.1. The Morgan fingerprint density at radius 1 is 1.69 bits per heavy atom. The molecule has 72 valence electrons. The zero-order chi connectivity index (χ0) is 9.26. The number of rotatable bonds is 1. The average Bonchev–Trinajstić information content (AvgIpc) is 2.52. The molecule has 1 aliphatic rings. The van der Waals surface area contributed by atoms with Crippen LogP contribution in [0.2, 0.25) is 0 Å². The summed E-state index contributed by atoms with van der Waals surface area (Å²) in [6.45, 7) is 0.797. The molecular weight excluding hydrogens is 166 g/mol. The molecule has 0 radical (unpaired) electrons. The van der Waals surface area contributed by atoms with E-state index in [1.54, 1.807) is 6.20 Å². The summed E-state index contributed by atoms with van der Waals surface area (Å²) in [5.74, 6) is 0.937. The highest BCUT2D eigenvalue weighted by Gasteiger charge is 2.26. The van der Waals surface area contributed by atoms with Crippen LogP contribution in [0.25, 0.3) is 0 Å². The van der Waals surface area contributed by atoms with E-state index in [0.717, 1.165) is 25.3 Å². The van der Waals surface area contributed by atoms with Crippen LogP contribution in [0.3, 0.4) is 0 Å². The van der Waals surface area contributed by atoms with E-state index in [-0.39, 0.29) is 12.1 Å². The number of ether oxygens (including phenoxy) is 1. The molecule has 0 spiro atoms. The van der Waals surface area contributed by atoms with Crippen molar-refractivity contribution in [1.82, 2.24) is 9.55 Å². The largest absolute Gasteiger partial charge is 0.369 e. The van der Waals surface area contributed by atoms with Crippen LogP contribution in [0.15, 0.2) is 12.4 Å². The molecule has 2 N–H and O–H groups in total. The first kappa shape index (κ1) is 8.72. The monoisotopic (exact) mass is 181 g/mol. The van der Waals surface area contributed by atoms with Gasteiger partial charge in [0.15, 0.2) is 0 Å². The van der Waals surface area contributed by atoms with Crippen molar-refractivity contribution in [3.05, 3.63) is 18.2 Å². The third-order valence-electron chi connectivity index (χ3n) is 2.48. The second kappa shape index (κ2) is 3.47. The topological polar surface area (TPSA) is 53.1 Å². The van der Waals surface area contributed by atoms with Gasteiger partial charge in [0.05, 0.1) is 0 Å². The zero-order valence-electron chi connectivity index (χ0n) is 7.81. The Hall–Kier alpha value is -0.870. The van der Waals surface area contributed by atoms with Crippen LogP contribution in [0.4, 0.5) is 0 Å². The third kappa shape index (κ3) is 1.59. The molecule has 4 nitrogen and oxygen atoms in total. The maximum Gasteiger partial charge on any atom is 0.139 e. The summed E-state index contributed by atoms with van der Waals surface area (Å²) in [5.41, 5.74) is 5.96. The quantitative estimate of drug-likeness (QED) is 0.690. The van der Waals surface area contributed by atoms with E-state index in [1.165, 1.54) is 0 Å². The molecule has 0 amide bonds. The number of hydrogen-bond acceptors (Lipinski definition) is 3. The molecule has 0 aliphatic carbocycles. The van der Waals surface area contributed by atoms with E-state index < -0.39 is 0 Å². The number of hydrogen-bond donors (Lipinski definition) is 1. The van der Waals surface area contributed by atoms with E-state index >= 15 is 0 Å². The van der Waals surface area contributed by atoms with Crippen LogP contribution in [0.5, 0.6) is 0 Å². The van der Waals surface area contributed by atoms with Gasteiger partial charge in [-0.05, 0) is 12.8 Å². The van der Waals surface area contributed by atoms with E-state index in [2.05, 4.69) is 4.98 Å². The van der Waals surface area contributed by atoms with Crippen molar-refractivity contribution >= 4 is 0 Å². The van der Waals surface area contributed by atoms with Crippen molar-refractivity contribution in [3.8, 4) is 0 Å². The lowest BCUT2D eigenvalue weighted by Crippen LogP contribution is -2.35. The minimum absolute atomic E-state index is 0.0197. The van der Waals surface area contributed by atoms with Crippen LogP contribution in [0, 0.1) is 0 Å². The van der Waals surface area contributed by atoms with Crippen molar-refractivity contribution in [1.29, 1.82) is 0 Å². The maximum absolute atomic E-state index is 5.96. The van der Waals surface area contributed by atoms with Gasteiger partial charge < -0.3 is 15.0 Å². The summed E-state index contributed by atoms with van der Waals surface area (Å²) in [5, 5.41) is 0. The Kier molecular flexibility index (Phi) is 2.33. The lowest BCUT2D eigenvalue weighted by Gasteiger charge is -2.28. The highest BCUT2D eigenvalue weighted by molar-refractivity contribution is 5.00. The van der Waals surface area contributed by atoms with Crippen LogP contribution in [0.1, 0.15) is 24.8 Å². The maximum atomic E-state index is 5.96. The fourth-order valence-electron chi connectivity index (χ4n) is 1.72. The minimum Gasteiger partial charge on any atom is -0.369 e. The molecular formula is C9H15N3O. The highest BCUT2D eigenvalue weighted by Crippen LogP contribution is 2.25. The smallest absolute Gasteiger partial charge is 0.139 e. The number of nitrogens with zero attached hydrogens (tertiary/aromatic N) is 2. The summed E-state index contributed by atoms with van der Waals surface area (Å²) >= 11 is 0. The summed E-state index contributed by atoms with van der Waals surface area (Å²) in [7, 11) is 1.97. The standard InChI is InChI=1S/C9H15N3O/c1-12-5-4-11-9(12)8-7(10)3-2-6-13-8/h4-5,7-8H,2-3,6,10H2,1H3/t7-,8-/m0/s1. The first-order valence-electron chi connectivity index (χ1n) is 4.63. The molecule has 4 heteroatoms. The average molecular weight is 181 g/mol. The zero-order valence-corrected chi connectivity index (χ0v) is 7.81. The number of aryl methyl sites for hydroxylation is 1. The molecule has 2 atom stereocenters. The molecule has 2 rings (SSSR count). The number of imidazole rings is 1. The number of aromatic nitrogens is 2. The summed E-state index contributed by atoms with van der Waals surface area (Å²) < 4.78 is 7.58. The molecule has 0 unspecified atom stereocenters. The second-order valence-electron chi connectivity index (χ2n) is 3.49. The Morgan fingerprint density at radius 3 is 3.15 bits per heavy atom. The van der Waals surface area contributed by atoms with Gasteiger partial charge in [-0.1, -0.05) is 0 Å². The Bertz CT molecular complexity index is 284. The highest BCUT2D eigenvalue weighted by atomic mass is 16.5. The Morgan fingerprint density at radius 2 is 2.54 bits per heavy atom. The fraction of sp³-hybridized carbons (Fsp3) is 0.667. The van der Waals surface area contributed by atoms with E-state index in [4.69, 9.17) is 10.5 Å². The van der Waals surface area contributed by atoms with Gasteiger partial charge in [0.25, 0.3) is 0 Å². The van der Waals surface area contributed by atoms with Gasteiger partial charge in [-0.2, -0.15) is 0 Å². The van der Waals surface area contributed by atoms with Crippen molar-refractivity contribution < 1.29 is 4.74 Å². The fourth-order valence-corrected chi connectivity index (χ4v) is 1.72.